The molecule has 1 aliphatic rings. The number of hydrogen-bond donors (Lipinski definition) is 1. The molecule has 1 saturated heterocycles. The molecule has 17 heavy (non-hydrogen) atoms. The zero-order chi connectivity index (χ0) is 11.4. The van der Waals surface area contributed by atoms with Crippen LogP contribution in [0.2, 0.25) is 0 Å². The van der Waals surface area contributed by atoms with E-state index in [9.17, 15) is 4.39 Å². The molecule has 1 fully saturated rings. The fraction of sp³-hybridized carbons (Fsp3) is 0.500. The first kappa shape index (κ1) is 14.7. The summed E-state index contributed by atoms with van der Waals surface area (Å²) in [6.07, 6.45) is 3.56. The van der Waals surface area contributed by atoms with Gasteiger partial charge in [0.25, 0.3) is 0 Å². The van der Waals surface area contributed by atoms with Gasteiger partial charge in [-0.25, -0.2) is 4.39 Å². The van der Waals surface area contributed by atoms with Gasteiger partial charge in [0.2, 0.25) is 0 Å². The van der Waals surface area contributed by atoms with Crippen LogP contribution in [0.4, 0.5) is 4.39 Å². The first-order chi connectivity index (χ1) is 7.75. The van der Waals surface area contributed by atoms with Gasteiger partial charge in [-0.05, 0) is 37.6 Å². The lowest BCUT2D eigenvalue weighted by Crippen LogP contribution is -2.38. The molecular formula is C12H16BrClFNO. The number of rotatable bonds is 3. The highest BCUT2D eigenvalue weighted by molar-refractivity contribution is 9.10. The van der Waals surface area contributed by atoms with Crippen molar-refractivity contribution in [1.82, 2.24) is 5.32 Å². The summed E-state index contributed by atoms with van der Waals surface area (Å²) in [5.74, 6) is 0.0146. The highest BCUT2D eigenvalue weighted by atomic mass is 79.9. The number of halogens is 3. The van der Waals surface area contributed by atoms with Crippen LogP contribution in [-0.2, 0) is 0 Å². The summed E-state index contributed by atoms with van der Waals surface area (Å²) in [6.45, 7) is 1.58. The minimum absolute atomic E-state index is 0. The lowest BCUT2D eigenvalue weighted by molar-refractivity contribution is 0.231. The maximum Gasteiger partial charge on any atom is 0.166 e. The Labute approximate surface area is 115 Å². The second kappa shape index (κ2) is 7.19. The minimum Gasteiger partial charge on any atom is -0.489 e. The molecule has 1 atom stereocenters. The Morgan fingerprint density at radius 1 is 1.41 bits per heavy atom. The van der Waals surface area contributed by atoms with E-state index in [4.69, 9.17) is 4.74 Å². The van der Waals surface area contributed by atoms with Crippen LogP contribution in [0.15, 0.2) is 22.7 Å². The Morgan fingerprint density at radius 3 is 2.88 bits per heavy atom. The topological polar surface area (TPSA) is 21.3 Å². The minimum atomic E-state index is -0.315. The molecule has 1 aliphatic heterocycles. The van der Waals surface area contributed by atoms with E-state index in [1.807, 2.05) is 0 Å². The van der Waals surface area contributed by atoms with Crippen molar-refractivity contribution in [1.29, 1.82) is 0 Å². The van der Waals surface area contributed by atoms with E-state index in [0.717, 1.165) is 17.4 Å². The molecule has 1 N–H and O–H groups in total. The Hall–Kier alpha value is -0.320. The molecule has 0 aliphatic carbocycles. The molecule has 0 amide bonds. The van der Waals surface area contributed by atoms with E-state index < -0.39 is 0 Å². The van der Waals surface area contributed by atoms with Crippen molar-refractivity contribution < 1.29 is 9.13 Å². The second-order valence-corrected chi connectivity index (χ2v) is 4.95. The summed E-state index contributed by atoms with van der Waals surface area (Å²) >= 11 is 3.22. The van der Waals surface area contributed by atoms with Crippen LogP contribution in [0, 0.1) is 5.82 Å². The normalized spacial score (nSPS) is 19.5. The van der Waals surface area contributed by atoms with Gasteiger partial charge < -0.3 is 10.1 Å². The molecule has 96 valence electrons. The maximum atomic E-state index is 13.4. The number of hydrogen-bond acceptors (Lipinski definition) is 2. The molecule has 0 bridgehead atoms. The fourth-order valence-corrected chi connectivity index (χ4v) is 2.18. The molecule has 1 unspecified atom stereocenters. The van der Waals surface area contributed by atoms with Crippen molar-refractivity contribution in [2.24, 2.45) is 0 Å². The largest absolute Gasteiger partial charge is 0.489 e. The van der Waals surface area contributed by atoms with Gasteiger partial charge in [-0.1, -0.05) is 22.4 Å². The first-order valence-corrected chi connectivity index (χ1v) is 6.36. The van der Waals surface area contributed by atoms with E-state index in [1.54, 1.807) is 12.1 Å². The molecule has 0 radical (unpaired) electrons. The average molecular weight is 325 g/mol. The molecule has 0 spiro atoms. The van der Waals surface area contributed by atoms with Crippen LogP contribution in [0.5, 0.6) is 5.75 Å². The molecule has 2 rings (SSSR count). The Kier molecular flexibility index (Phi) is 6.23. The molecular weight excluding hydrogens is 308 g/mol. The first-order valence-electron chi connectivity index (χ1n) is 5.57. The Morgan fingerprint density at radius 2 is 2.24 bits per heavy atom. The monoisotopic (exact) mass is 323 g/mol. The molecule has 1 heterocycles. The highest BCUT2D eigenvalue weighted by Gasteiger charge is 2.14. The summed E-state index contributed by atoms with van der Waals surface area (Å²) in [6, 6.07) is 5.22. The third-order valence-electron chi connectivity index (χ3n) is 2.75. The summed E-state index contributed by atoms with van der Waals surface area (Å²) in [5, 5.41) is 3.36. The average Bonchev–Trinajstić information content (AvgIpc) is 2.29. The van der Waals surface area contributed by atoms with Crippen LogP contribution >= 0.6 is 28.3 Å². The lowest BCUT2D eigenvalue weighted by atomic mass is 10.1. The van der Waals surface area contributed by atoms with Crippen molar-refractivity contribution >= 4 is 28.3 Å². The van der Waals surface area contributed by atoms with E-state index in [0.29, 0.717) is 18.4 Å². The molecule has 1 aromatic carbocycles. The van der Waals surface area contributed by atoms with Gasteiger partial charge >= 0.3 is 0 Å². The van der Waals surface area contributed by atoms with Gasteiger partial charge in [0.05, 0.1) is 0 Å². The van der Waals surface area contributed by atoms with E-state index in [1.165, 1.54) is 18.9 Å². The smallest absolute Gasteiger partial charge is 0.166 e. The van der Waals surface area contributed by atoms with Gasteiger partial charge in [-0.3, -0.25) is 0 Å². The maximum absolute atomic E-state index is 13.4. The van der Waals surface area contributed by atoms with Crippen molar-refractivity contribution in [3.63, 3.8) is 0 Å². The lowest BCUT2D eigenvalue weighted by Gasteiger charge is -2.23. The second-order valence-electron chi connectivity index (χ2n) is 4.03. The molecule has 2 nitrogen and oxygen atoms in total. The Balaban J connectivity index is 0.00000144. The molecule has 5 heteroatoms. The number of nitrogens with one attached hydrogen (secondary N) is 1. The van der Waals surface area contributed by atoms with Crippen molar-refractivity contribution in [3.8, 4) is 5.75 Å². The summed E-state index contributed by atoms with van der Waals surface area (Å²) < 4.78 is 19.6. The Bertz CT molecular complexity index is 358. The highest BCUT2D eigenvalue weighted by Crippen LogP contribution is 2.22. The molecule has 0 aromatic heterocycles. The van der Waals surface area contributed by atoms with E-state index in [2.05, 4.69) is 21.2 Å². The number of piperidine rings is 1. The van der Waals surface area contributed by atoms with E-state index in [-0.39, 0.29) is 18.2 Å². The quantitative estimate of drug-likeness (QED) is 0.918. The van der Waals surface area contributed by atoms with Crippen LogP contribution in [0.1, 0.15) is 19.3 Å². The fourth-order valence-electron chi connectivity index (χ4n) is 1.85. The van der Waals surface area contributed by atoms with Crippen molar-refractivity contribution in [3.05, 3.63) is 28.5 Å². The predicted octanol–water partition coefficient (Wildman–Crippen LogP) is 3.53. The zero-order valence-corrected chi connectivity index (χ0v) is 11.8. The van der Waals surface area contributed by atoms with Crippen molar-refractivity contribution in [2.45, 2.75) is 25.3 Å². The van der Waals surface area contributed by atoms with Gasteiger partial charge in [-0.2, -0.15) is 0 Å². The number of ether oxygens (including phenoxy) is 1. The van der Waals surface area contributed by atoms with Crippen LogP contribution in [0.3, 0.4) is 0 Å². The van der Waals surface area contributed by atoms with Crippen molar-refractivity contribution in [2.75, 3.05) is 13.2 Å². The van der Waals surface area contributed by atoms with Crippen LogP contribution in [-0.4, -0.2) is 19.2 Å². The summed E-state index contributed by atoms with van der Waals surface area (Å²) in [4.78, 5) is 0. The summed E-state index contributed by atoms with van der Waals surface area (Å²) in [7, 11) is 0. The standard InChI is InChI=1S/C12H15BrFNO.ClH/c13-9-4-5-12(11(14)7-9)16-8-10-3-1-2-6-15-10;/h4-5,7,10,15H,1-3,6,8H2;1H. The van der Waals surface area contributed by atoms with Crippen LogP contribution < -0.4 is 10.1 Å². The number of benzene rings is 1. The predicted molar refractivity (Wildman–Crippen MR) is 72.5 cm³/mol. The van der Waals surface area contributed by atoms with E-state index >= 15 is 0 Å². The van der Waals surface area contributed by atoms with Crippen LogP contribution in [0.25, 0.3) is 0 Å². The van der Waals surface area contributed by atoms with Gasteiger partial charge in [0.1, 0.15) is 6.61 Å². The van der Waals surface area contributed by atoms with Gasteiger partial charge in [0, 0.05) is 10.5 Å². The zero-order valence-electron chi connectivity index (χ0n) is 9.42. The third-order valence-corrected chi connectivity index (χ3v) is 3.24. The molecule has 0 saturated carbocycles. The SMILES string of the molecule is Cl.Fc1cc(Br)ccc1OCC1CCCCN1. The van der Waals surface area contributed by atoms with Gasteiger partial charge in [0.15, 0.2) is 11.6 Å². The van der Waals surface area contributed by atoms with Gasteiger partial charge in [-0.15, -0.1) is 12.4 Å². The third kappa shape index (κ3) is 4.45. The summed E-state index contributed by atoms with van der Waals surface area (Å²) in [5.41, 5.74) is 0. The molecule has 1 aromatic rings.